The number of aromatic nitrogens is 3. The van der Waals surface area contributed by atoms with Crippen LogP contribution in [0.5, 0.6) is 0 Å². The van der Waals surface area contributed by atoms with Gasteiger partial charge in [-0.25, -0.2) is 0 Å². The van der Waals surface area contributed by atoms with E-state index in [-0.39, 0.29) is 21.7 Å². The molecule has 0 radical (unpaired) electrons. The summed E-state index contributed by atoms with van der Waals surface area (Å²) in [7, 11) is 0. The van der Waals surface area contributed by atoms with Crippen molar-refractivity contribution in [2.75, 3.05) is 0 Å². The van der Waals surface area contributed by atoms with Crippen molar-refractivity contribution in [1.29, 1.82) is 5.26 Å². The summed E-state index contributed by atoms with van der Waals surface area (Å²) in [6.07, 6.45) is 3.70. The smallest absolute Gasteiger partial charge is 0.104 e. The first-order valence-corrected chi connectivity index (χ1v) is 19.9. The Kier molecular flexibility index (Phi) is 8.44. The van der Waals surface area contributed by atoms with Gasteiger partial charge in [0.25, 0.3) is 0 Å². The Labute approximate surface area is 332 Å². The Bertz CT molecular complexity index is 2570. The standard InChI is InChI=1S/C52H54N4/c1-49(2,3)34-13-17-38-39-18-14-35(50(4,5)6)28-46(39)55(45(38)27-34)43-25-33(32-21-23-54-24-22-32)26-44(42(43)31-53)56-47-29-36(51(7,8)9)15-19-40(47)41-20-16-37(30-48(41)56)52(10,11)12/h13-30H,1-12H3. The molecule has 0 unspecified atom stereocenters. The average molecular weight is 735 g/mol. The number of pyridine rings is 1. The normalized spacial score (nSPS) is 13.0. The van der Waals surface area contributed by atoms with E-state index in [9.17, 15) is 5.26 Å². The van der Waals surface area contributed by atoms with Gasteiger partial charge in [-0.05, 0) is 104 Å². The summed E-state index contributed by atoms with van der Waals surface area (Å²) in [4.78, 5) is 4.38. The maximum atomic E-state index is 11.6. The lowest BCUT2D eigenvalue weighted by molar-refractivity contribution is 0.590. The van der Waals surface area contributed by atoms with Crippen LogP contribution in [0.25, 0.3) is 66.1 Å². The largest absolute Gasteiger partial charge is 0.308 e. The molecule has 0 aliphatic rings. The lowest BCUT2D eigenvalue weighted by Gasteiger charge is -2.22. The molecule has 0 amide bonds. The zero-order valence-corrected chi connectivity index (χ0v) is 35.2. The molecule has 0 saturated carbocycles. The molecule has 0 spiro atoms. The third-order valence-corrected chi connectivity index (χ3v) is 11.7. The average Bonchev–Trinajstić information content (AvgIpc) is 3.64. The predicted molar refractivity (Wildman–Crippen MR) is 238 cm³/mol. The summed E-state index contributed by atoms with van der Waals surface area (Å²) in [5.41, 5.74) is 13.6. The van der Waals surface area contributed by atoms with Crippen LogP contribution >= 0.6 is 0 Å². The molecule has 0 atom stereocenters. The molecule has 8 aromatic rings. The summed E-state index contributed by atoms with van der Waals surface area (Å²) in [5, 5.41) is 16.3. The Hall–Kier alpha value is -5.66. The molecule has 3 heterocycles. The van der Waals surface area contributed by atoms with Gasteiger partial charge in [0.1, 0.15) is 11.6 Å². The van der Waals surface area contributed by atoms with E-state index < -0.39 is 0 Å². The van der Waals surface area contributed by atoms with E-state index in [1.807, 2.05) is 12.4 Å². The van der Waals surface area contributed by atoms with Crippen molar-refractivity contribution in [2.45, 2.75) is 105 Å². The Balaban J connectivity index is 1.60. The summed E-state index contributed by atoms with van der Waals surface area (Å²) in [5.74, 6) is 0. The molecule has 3 aromatic heterocycles. The van der Waals surface area contributed by atoms with Crippen molar-refractivity contribution in [3.05, 3.63) is 137 Å². The second-order valence-corrected chi connectivity index (χ2v) is 19.8. The van der Waals surface area contributed by atoms with Crippen molar-refractivity contribution in [2.24, 2.45) is 0 Å². The second kappa shape index (κ2) is 12.7. The van der Waals surface area contributed by atoms with Crippen molar-refractivity contribution in [1.82, 2.24) is 14.1 Å². The second-order valence-electron chi connectivity index (χ2n) is 19.8. The molecule has 0 aliphatic carbocycles. The van der Waals surface area contributed by atoms with Crippen molar-refractivity contribution in [3.63, 3.8) is 0 Å². The van der Waals surface area contributed by atoms with Crippen molar-refractivity contribution in [3.8, 4) is 28.6 Å². The van der Waals surface area contributed by atoms with Gasteiger partial charge in [0.05, 0.1) is 33.4 Å². The maximum absolute atomic E-state index is 11.6. The highest BCUT2D eigenvalue weighted by molar-refractivity contribution is 6.12. The minimum Gasteiger partial charge on any atom is -0.308 e. The first kappa shape index (κ1) is 37.3. The molecule has 0 fully saturated rings. The van der Waals surface area contributed by atoms with Crippen LogP contribution in [0.3, 0.4) is 0 Å². The van der Waals surface area contributed by atoms with Gasteiger partial charge in [0.2, 0.25) is 0 Å². The quantitative estimate of drug-likeness (QED) is 0.181. The molecule has 0 N–H and O–H groups in total. The highest BCUT2D eigenvalue weighted by Crippen LogP contribution is 2.43. The molecule has 282 valence electrons. The van der Waals surface area contributed by atoms with Crippen LogP contribution in [-0.2, 0) is 21.7 Å². The molecule has 4 heteroatoms. The predicted octanol–water partition coefficient (Wildman–Crippen LogP) is 14.0. The Morgan fingerprint density at radius 2 is 0.714 bits per heavy atom. The van der Waals surface area contributed by atoms with E-state index >= 15 is 0 Å². The van der Waals surface area contributed by atoms with E-state index in [0.717, 1.165) is 44.6 Å². The van der Waals surface area contributed by atoms with E-state index in [2.05, 4.69) is 200 Å². The summed E-state index contributed by atoms with van der Waals surface area (Å²) in [6.45, 7) is 27.2. The van der Waals surface area contributed by atoms with Gasteiger partial charge in [-0.1, -0.05) is 132 Å². The van der Waals surface area contributed by atoms with Crippen molar-refractivity contribution >= 4 is 43.6 Å². The van der Waals surface area contributed by atoms with Gasteiger partial charge in [0, 0.05) is 33.9 Å². The first-order valence-electron chi connectivity index (χ1n) is 19.9. The molecule has 56 heavy (non-hydrogen) atoms. The lowest BCUT2D eigenvalue weighted by atomic mass is 9.86. The van der Waals surface area contributed by atoms with Crippen LogP contribution in [0.1, 0.15) is 111 Å². The Morgan fingerprint density at radius 3 is 0.982 bits per heavy atom. The summed E-state index contributed by atoms with van der Waals surface area (Å²) < 4.78 is 4.74. The number of hydrogen-bond acceptors (Lipinski definition) is 2. The number of fused-ring (bicyclic) bond motifs is 6. The fraction of sp³-hybridized carbons (Fsp3) is 0.308. The van der Waals surface area contributed by atoms with E-state index in [4.69, 9.17) is 0 Å². The zero-order valence-electron chi connectivity index (χ0n) is 35.2. The topological polar surface area (TPSA) is 46.5 Å². The molecule has 0 saturated heterocycles. The lowest BCUT2D eigenvalue weighted by Crippen LogP contribution is -2.12. The van der Waals surface area contributed by atoms with Crippen LogP contribution in [0.4, 0.5) is 0 Å². The number of nitriles is 1. The van der Waals surface area contributed by atoms with Gasteiger partial charge in [0.15, 0.2) is 0 Å². The first-order chi connectivity index (χ1) is 26.3. The van der Waals surface area contributed by atoms with Gasteiger partial charge < -0.3 is 9.13 Å². The third kappa shape index (κ3) is 6.19. The highest BCUT2D eigenvalue weighted by atomic mass is 15.0. The molecule has 4 nitrogen and oxygen atoms in total. The molecular weight excluding hydrogens is 681 g/mol. The summed E-state index contributed by atoms with van der Waals surface area (Å²) in [6, 6.07) is 38.9. The third-order valence-electron chi connectivity index (χ3n) is 11.7. The van der Waals surface area contributed by atoms with Crippen LogP contribution in [0, 0.1) is 11.3 Å². The number of rotatable bonds is 3. The van der Waals surface area contributed by atoms with E-state index in [0.29, 0.717) is 5.56 Å². The highest BCUT2D eigenvalue weighted by Gasteiger charge is 2.27. The number of nitrogens with zero attached hydrogens (tertiary/aromatic N) is 4. The van der Waals surface area contributed by atoms with Gasteiger partial charge in [-0.3, -0.25) is 4.98 Å². The molecule has 0 aliphatic heterocycles. The SMILES string of the molecule is CC(C)(C)c1ccc2c3ccc(C(C)(C)C)cc3n(-c3cc(-c4ccncc4)cc(-n4c5cc(C(C)(C)C)ccc5c5ccc(C(C)(C)C)cc54)c3C#N)c2c1. The fourth-order valence-electron chi connectivity index (χ4n) is 8.21. The van der Waals surface area contributed by atoms with Crippen LogP contribution < -0.4 is 0 Å². The Morgan fingerprint density at radius 1 is 0.411 bits per heavy atom. The van der Waals surface area contributed by atoms with Gasteiger partial charge in [-0.2, -0.15) is 5.26 Å². The van der Waals surface area contributed by atoms with Gasteiger partial charge in [-0.15, -0.1) is 0 Å². The summed E-state index contributed by atoms with van der Waals surface area (Å²) >= 11 is 0. The molecule has 8 rings (SSSR count). The minimum absolute atomic E-state index is 0.0629. The molecule has 5 aromatic carbocycles. The van der Waals surface area contributed by atoms with Gasteiger partial charge >= 0.3 is 0 Å². The van der Waals surface area contributed by atoms with E-state index in [1.54, 1.807) is 0 Å². The van der Waals surface area contributed by atoms with Crippen LogP contribution in [0.15, 0.2) is 109 Å². The van der Waals surface area contributed by atoms with Crippen LogP contribution in [-0.4, -0.2) is 14.1 Å². The zero-order chi connectivity index (χ0) is 40.1. The number of benzene rings is 5. The van der Waals surface area contributed by atoms with Crippen LogP contribution in [0.2, 0.25) is 0 Å². The molecule has 0 bridgehead atoms. The monoisotopic (exact) mass is 734 g/mol. The maximum Gasteiger partial charge on any atom is 0.104 e. The van der Waals surface area contributed by atoms with E-state index in [1.165, 1.54) is 43.8 Å². The fourth-order valence-corrected chi connectivity index (χ4v) is 8.21. The molecular formula is C52H54N4. The minimum atomic E-state index is -0.0629. The van der Waals surface area contributed by atoms with Crippen molar-refractivity contribution < 1.29 is 0 Å². The number of hydrogen-bond donors (Lipinski definition) is 0.